The van der Waals surface area contributed by atoms with E-state index in [1.165, 1.54) is 6.92 Å². The molecule has 1 unspecified atom stereocenters. The van der Waals surface area contributed by atoms with Gasteiger partial charge in [-0.25, -0.2) is 0 Å². The molecule has 0 spiro atoms. The van der Waals surface area contributed by atoms with Crippen LogP contribution in [0.25, 0.3) is 0 Å². The number of aliphatic hydroxyl groups excluding tert-OH is 1. The zero-order valence-electron chi connectivity index (χ0n) is 6.53. The first kappa shape index (κ1) is 12.1. The number of carboxylic acids is 1. The SMILES string of the molecule is CC(O)[C@H](N)C(=O)O.[H-].[Na+]. The van der Waals surface area contributed by atoms with Crippen LogP contribution in [0.1, 0.15) is 8.35 Å². The molecule has 0 bridgehead atoms. The Balaban J connectivity index is -0.000000245. The Bertz CT molecular complexity index is 101. The van der Waals surface area contributed by atoms with Crippen molar-refractivity contribution in [1.82, 2.24) is 0 Å². The van der Waals surface area contributed by atoms with Gasteiger partial charge in [-0.15, -0.1) is 0 Å². The fraction of sp³-hybridized carbons (Fsp3) is 0.750. The van der Waals surface area contributed by atoms with Crippen molar-refractivity contribution in [3.05, 3.63) is 0 Å². The van der Waals surface area contributed by atoms with Crippen LogP contribution in [0.2, 0.25) is 0 Å². The zero-order chi connectivity index (χ0) is 6.73. The molecule has 0 amide bonds. The molecule has 2 atom stereocenters. The van der Waals surface area contributed by atoms with Crippen molar-refractivity contribution in [2.75, 3.05) is 0 Å². The van der Waals surface area contributed by atoms with Crippen molar-refractivity contribution in [3.63, 3.8) is 0 Å². The fourth-order valence-corrected chi connectivity index (χ4v) is 0.206. The fourth-order valence-electron chi connectivity index (χ4n) is 0.206. The monoisotopic (exact) mass is 143 g/mol. The van der Waals surface area contributed by atoms with Crippen LogP contribution in [0.5, 0.6) is 0 Å². The maximum atomic E-state index is 9.86. The summed E-state index contributed by atoms with van der Waals surface area (Å²) in [5, 5.41) is 16.6. The van der Waals surface area contributed by atoms with E-state index in [1.54, 1.807) is 0 Å². The van der Waals surface area contributed by atoms with E-state index in [2.05, 4.69) is 0 Å². The molecular formula is C4H10NNaO3. The minimum absolute atomic E-state index is 0. The molecule has 0 aromatic rings. The number of carboxylic acid groups (broad SMARTS) is 1. The van der Waals surface area contributed by atoms with Crippen molar-refractivity contribution in [2.24, 2.45) is 5.73 Å². The molecule has 4 N–H and O–H groups in total. The average Bonchev–Trinajstić information content (AvgIpc) is 1.64. The number of hydrogen-bond acceptors (Lipinski definition) is 3. The summed E-state index contributed by atoms with van der Waals surface area (Å²) >= 11 is 0. The van der Waals surface area contributed by atoms with Gasteiger partial charge in [0.25, 0.3) is 0 Å². The summed E-state index contributed by atoms with van der Waals surface area (Å²) in [5.41, 5.74) is 4.91. The van der Waals surface area contributed by atoms with E-state index < -0.39 is 18.1 Å². The Kier molecular flexibility index (Phi) is 6.99. The smallest absolute Gasteiger partial charge is 1.00 e. The molecule has 0 saturated carbocycles. The third-order valence-corrected chi connectivity index (χ3v) is 0.805. The summed E-state index contributed by atoms with van der Waals surface area (Å²) in [6.45, 7) is 1.33. The molecule has 0 saturated heterocycles. The summed E-state index contributed by atoms with van der Waals surface area (Å²) in [4.78, 5) is 9.86. The van der Waals surface area contributed by atoms with Gasteiger partial charge in [0.05, 0.1) is 6.10 Å². The maximum absolute atomic E-state index is 9.86. The van der Waals surface area contributed by atoms with Gasteiger partial charge in [0.15, 0.2) is 0 Å². The Labute approximate surface area is 76.8 Å². The van der Waals surface area contributed by atoms with Gasteiger partial charge in [-0.2, -0.15) is 0 Å². The molecule has 4 nitrogen and oxygen atoms in total. The number of carbonyl (C=O) groups is 1. The molecule has 0 aliphatic heterocycles. The summed E-state index contributed by atoms with van der Waals surface area (Å²) < 4.78 is 0. The quantitative estimate of drug-likeness (QED) is 0.343. The first-order valence-corrected chi connectivity index (χ1v) is 2.22. The van der Waals surface area contributed by atoms with Crippen LogP contribution in [0, 0.1) is 0 Å². The van der Waals surface area contributed by atoms with E-state index in [0.29, 0.717) is 0 Å². The minimum Gasteiger partial charge on any atom is -1.00 e. The van der Waals surface area contributed by atoms with Crippen LogP contribution >= 0.6 is 0 Å². The van der Waals surface area contributed by atoms with E-state index >= 15 is 0 Å². The maximum Gasteiger partial charge on any atom is 1.00 e. The van der Waals surface area contributed by atoms with Gasteiger partial charge >= 0.3 is 35.5 Å². The number of hydrogen-bond donors (Lipinski definition) is 3. The van der Waals surface area contributed by atoms with Gasteiger partial charge < -0.3 is 17.4 Å². The Morgan fingerprint density at radius 3 is 2.11 bits per heavy atom. The third-order valence-electron chi connectivity index (χ3n) is 0.805. The Morgan fingerprint density at radius 2 is 2.11 bits per heavy atom. The van der Waals surface area contributed by atoms with Gasteiger partial charge in [0, 0.05) is 0 Å². The van der Waals surface area contributed by atoms with Crippen molar-refractivity contribution in [3.8, 4) is 0 Å². The van der Waals surface area contributed by atoms with E-state index in [-0.39, 0.29) is 31.0 Å². The molecule has 0 heterocycles. The van der Waals surface area contributed by atoms with E-state index in [1.807, 2.05) is 0 Å². The second-order valence-electron chi connectivity index (χ2n) is 1.60. The zero-order valence-corrected chi connectivity index (χ0v) is 7.53. The summed E-state index contributed by atoms with van der Waals surface area (Å²) in [6, 6.07) is -1.16. The molecule has 9 heavy (non-hydrogen) atoms. The molecule has 0 radical (unpaired) electrons. The van der Waals surface area contributed by atoms with Gasteiger partial charge in [-0.05, 0) is 6.92 Å². The molecule has 0 fully saturated rings. The van der Waals surface area contributed by atoms with Gasteiger partial charge in [-0.3, -0.25) is 4.79 Å². The summed E-state index contributed by atoms with van der Waals surface area (Å²) in [6.07, 6.45) is -0.979. The molecule has 0 aromatic heterocycles. The molecule has 5 heteroatoms. The van der Waals surface area contributed by atoms with Crippen LogP contribution in [-0.4, -0.2) is 28.3 Å². The predicted octanol–water partition coefficient (Wildman–Crippen LogP) is -4.10. The summed E-state index contributed by atoms with van der Waals surface area (Å²) in [7, 11) is 0. The number of nitrogens with two attached hydrogens (primary N) is 1. The molecule has 50 valence electrons. The molecular weight excluding hydrogens is 133 g/mol. The van der Waals surface area contributed by atoms with Crippen LogP contribution in [0.4, 0.5) is 0 Å². The van der Waals surface area contributed by atoms with Crippen molar-refractivity contribution >= 4 is 5.97 Å². The number of aliphatic hydroxyl groups is 1. The number of aliphatic carboxylic acids is 1. The molecule has 0 aliphatic carbocycles. The van der Waals surface area contributed by atoms with Crippen molar-refractivity contribution in [2.45, 2.75) is 19.1 Å². The standard InChI is InChI=1S/C4H9NO3.Na.H/c1-2(6)3(5)4(7)8;;/h2-3,6H,5H2,1H3,(H,7,8);;/q;+1;-1/t2?,3-;;/m0../s1. The van der Waals surface area contributed by atoms with Crippen LogP contribution < -0.4 is 35.3 Å². The first-order valence-electron chi connectivity index (χ1n) is 2.22. The van der Waals surface area contributed by atoms with Crippen molar-refractivity contribution in [1.29, 1.82) is 0 Å². The number of rotatable bonds is 2. The largest absolute Gasteiger partial charge is 1.00 e. The second-order valence-corrected chi connectivity index (χ2v) is 1.60. The van der Waals surface area contributed by atoms with E-state index in [9.17, 15) is 4.79 Å². The normalized spacial score (nSPS) is 15.4. The Morgan fingerprint density at radius 1 is 1.78 bits per heavy atom. The predicted molar refractivity (Wildman–Crippen MR) is 28.4 cm³/mol. The van der Waals surface area contributed by atoms with E-state index in [0.717, 1.165) is 0 Å². The van der Waals surface area contributed by atoms with Crippen LogP contribution in [-0.2, 0) is 4.79 Å². The van der Waals surface area contributed by atoms with Gasteiger partial charge in [0.1, 0.15) is 6.04 Å². The van der Waals surface area contributed by atoms with Gasteiger partial charge in [-0.1, -0.05) is 0 Å². The first-order chi connectivity index (χ1) is 3.55. The van der Waals surface area contributed by atoms with Crippen LogP contribution in [0.15, 0.2) is 0 Å². The van der Waals surface area contributed by atoms with Crippen molar-refractivity contribution < 1.29 is 46.0 Å². The topological polar surface area (TPSA) is 83.5 Å². The minimum atomic E-state index is -1.18. The molecule has 0 aromatic carbocycles. The van der Waals surface area contributed by atoms with Gasteiger partial charge in [0.2, 0.25) is 0 Å². The second kappa shape index (κ2) is 5.20. The van der Waals surface area contributed by atoms with E-state index in [4.69, 9.17) is 15.9 Å². The van der Waals surface area contributed by atoms with Crippen LogP contribution in [0.3, 0.4) is 0 Å². The molecule has 0 aliphatic rings. The third kappa shape index (κ3) is 4.87. The summed E-state index contributed by atoms with van der Waals surface area (Å²) in [5.74, 6) is -1.18. The molecule has 0 rings (SSSR count). The average molecular weight is 143 g/mol. The Hall–Kier alpha value is 0.390.